The Morgan fingerprint density at radius 1 is 1.24 bits per heavy atom. The lowest BCUT2D eigenvalue weighted by Crippen LogP contribution is -2.37. The lowest BCUT2D eigenvalue weighted by molar-refractivity contribution is 0.108. The zero-order valence-corrected chi connectivity index (χ0v) is 18.6. The number of rotatable bonds is 10. The number of benzene rings is 1. The second-order valence-electron chi connectivity index (χ2n) is 6.22. The fourth-order valence-corrected chi connectivity index (χ4v) is 2.20. The normalized spacial score (nSPS) is 11.2. The van der Waals surface area contributed by atoms with Crippen LogP contribution >= 0.6 is 24.0 Å². The molecule has 0 aromatic heterocycles. The molecule has 0 radical (unpaired) electrons. The van der Waals surface area contributed by atoms with Gasteiger partial charge in [-0.05, 0) is 37.8 Å². The van der Waals surface area contributed by atoms with Gasteiger partial charge in [0.2, 0.25) is 0 Å². The summed E-state index contributed by atoms with van der Waals surface area (Å²) in [4.78, 5) is 4.26. The monoisotopic (exact) mass is 463 g/mol. The molecule has 1 rings (SSSR count). The molecule has 0 aliphatic carbocycles. The highest BCUT2D eigenvalue weighted by atomic mass is 127. The number of ether oxygens (including phenoxy) is 2. The quantitative estimate of drug-likeness (QED) is 0.240. The van der Waals surface area contributed by atoms with Crippen LogP contribution in [0.3, 0.4) is 0 Å². The van der Waals surface area contributed by atoms with Crippen LogP contribution in [0.15, 0.2) is 23.2 Å². The van der Waals surface area contributed by atoms with E-state index in [1.807, 2.05) is 6.92 Å². The van der Waals surface area contributed by atoms with Crippen molar-refractivity contribution in [3.05, 3.63) is 29.3 Å². The standard InChI is InChI=1S/C19H33N3O2.HI/c1-6-24-18-12-16(4)8-9-17(18)13-22-19(20-5)21-10-7-11-23-14-15(2)3;/h8-9,12,15H,6-7,10-11,13-14H2,1-5H3,(H2,20,21,22);1H. The summed E-state index contributed by atoms with van der Waals surface area (Å²) in [6, 6.07) is 6.27. The first-order valence-electron chi connectivity index (χ1n) is 8.81. The molecule has 144 valence electrons. The van der Waals surface area contributed by atoms with E-state index in [0.717, 1.165) is 43.5 Å². The predicted octanol–water partition coefficient (Wildman–Crippen LogP) is 3.74. The van der Waals surface area contributed by atoms with Crippen LogP contribution in [0.4, 0.5) is 0 Å². The second-order valence-corrected chi connectivity index (χ2v) is 6.22. The first-order valence-corrected chi connectivity index (χ1v) is 8.81. The molecule has 2 N–H and O–H groups in total. The molecule has 0 amide bonds. The van der Waals surface area contributed by atoms with E-state index in [1.54, 1.807) is 7.05 Å². The van der Waals surface area contributed by atoms with Crippen LogP contribution in [0, 0.1) is 12.8 Å². The summed E-state index contributed by atoms with van der Waals surface area (Å²) in [5, 5.41) is 6.64. The maximum absolute atomic E-state index is 5.71. The van der Waals surface area contributed by atoms with E-state index in [0.29, 0.717) is 19.1 Å². The predicted molar refractivity (Wildman–Crippen MR) is 116 cm³/mol. The van der Waals surface area contributed by atoms with Crippen LogP contribution < -0.4 is 15.4 Å². The lowest BCUT2D eigenvalue weighted by Gasteiger charge is -2.15. The molecule has 0 bridgehead atoms. The highest BCUT2D eigenvalue weighted by Crippen LogP contribution is 2.20. The smallest absolute Gasteiger partial charge is 0.191 e. The first kappa shape index (κ1) is 24.0. The molecule has 0 fully saturated rings. The third kappa shape index (κ3) is 10.5. The van der Waals surface area contributed by atoms with E-state index < -0.39 is 0 Å². The number of halogens is 1. The minimum Gasteiger partial charge on any atom is -0.494 e. The summed E-state index contributed by atoms with van der Waals surface area (Å²) in [7, 11) is 1.78. The van der Waals surface area contributed by atoms with Gasteiger partial charge in [-0.1, -0.05) is 26.0 Å². The van der Waals surface area contributed by atoms with Crippen molar-refractivity contribution in [2.75, 3.05) is 33.4 Å². The van der Waals surface area contributed by atoms with Gasteiger partial charge in [0, 0.05) is 38.9 Å². The Labute approximate surface area is 170 Å². The fraction of sp³-hybridized carbons (Fsp3) is 0.632. The van der Waals surface area contributed by atoms with Crippen LogP contribution in [0.1, 0.15) is 38.3 Å². The molecule has 0 unspecified atom stereocenters. The van der Waals surface area contributed by atoms with Crippen molar-refractivity contribution < 1.29 is 9.47 Å². The van der Waals surface area contributed by atoms with Crippen molar-refractivity contribution in [2.45, 2.75) is 40.7 Å². The third-order valence-electron chi connectivity index (χ3n) is 3.40. The van der Waals surface area contributed by atoms with Gasteiger partial charge in [0.05, 0.1) is 6.61 Å². The molecular formula is C19H34IN3O2. The van der Waals surface area contributed by atoms with Crippen molar-refractivity contribution in [1.82, 2.24) is 10.6 Å². The summed E-state index contributed by atoms with van der Waals surface area (Å²) in [5.74, 6) is 2.31. The van der Waals surface area contributed by atoms with Crippen LogP contribution in [0.25, 0.3) is 0 Å². The Balaban J connectivity index is 0.00000576. The second kappa shape index (κ2) is 14.2. The summed E-state index contributed by atoms with van der Waals surface area (Å²) in [6.45, 7) is 12.2. The Kier molecular flexibility index (Phi) is 13.6. The van der Waals surface area contributed by atoms with Crippen molar-refractivity contribution in [3.8, 4) is 5.75 Å². The largest absolute Gasteiger partial charge is 0.494 e. The summed E-state index contributed by atoms with van der Waals surface area (Å²) >= 11 is 0. The third-order valence-corrected chi connectivity index (χ3v) is 3.40. The zero-order valence-electron chi connectivity index (χ0n) is 16.2. The van der Waals surface area contributed by atoms with Crippen molar-refractivity contribution in [3.63, 3.8) is 0 Å². The van der Waals surface area contributed by atoms with E-state index in [4.69, 9.17) is 9.47 Å². The molecule has 0 saturated heterocycles. The van der Waals surface area contributed by atoms with Crippen molar-refractivity contribution in [2.24, 2.45) is 10.9 Å². The van der Waals surface area contributed by atoms with E-state index >= 15 is 0 Å². The first-order chi connectivity index (χ1) is 11.6. The van der Waals surface area contributed by atoms with E-state index in [2.05, 4.69) is 54.6 Å². The fourth-order valence-electron chi connectivity index (χ4n) is 2.20. The highest BCUT2D eigenvalue weighted by molar-refractivity contribution is 14.0. The molecule has 6 heteroatoms. The molecule has 0 saturated carbocycles. The maximum Gasteiger partial charge on any atom is 0.191 e. The number of aliphatic imine (C=N–C) groups is 1. The highest BCUT2D eigenvalue weighted by Gasteiger charge is 2.05. The minimum absolute atomic E-state index is 0. The Bertz CT molecular complexity index is 507. The molecule has 0 spiro atoms. The van der Waals surface area contributed by atoms with Gasteiger partial charge in [-0.3, -0.25) is 4.99 Å². The Hall–Kier alpha value is -1.02. The SMILES string of the molecule is CCOc1cc(C)ccc1CNC(=NC)NCCCOCC(C)C.I. The van der Waals surface area contributed by atoms with E-state index in [9.17, 15) is 0 Å². The molecular weight excluding hydrogens is 429 g/mol. The summed E-state index contributed by atoms with van der Waals surface area (Å²) < 4.78 is 11.3. The van der Waals surface area contributed by atoms with Gasteiger partial charge in [0.1, 0.15) is 5.75 Å². The van der Waals surface area contributed by atoms with E-state index in [1.165, 1.54) is 5.56 Å². The van der Waals surface area contributed by atoms with Crippen molar-refractivity contribution >= 4 is 29.9 Å². The van der Waals surface area contributed by atoms with Crippen LogP contribution in [0.5, 0.6) is 5.75 Å². The molecule has 25 heavy (non-hydrogen) atoms. The zero-order chi connectivity index (χ0) is 17.8. The van der Waals surface area contributed by atoms with Gasteiger partial charge < -0.3 is 20.1 Å². The summed E-state index contributed by atoms with van der Waals surface area (Å²) in [6.07, 6.45) is 0.960. The van der Waals surface area contributed by atoms with Gasteiger partial charge in [-0.25, -0.2) is 0 Å². The maximum atomic E-state index is 5.71. The van der Waals surface area contributed by atoms with Gasteiger partial charge in [0.15, 0.2) is 5.96 Å². The van der Waals surface area contributed by atoms with Crippen LogP contribution in [-0.4, -0.2) is 39.4 Å². The molecule has 0 aliphatic rings. The lowest BCUT2D eigenvalue weighted by atomic mass is 10.1. The molecule has 0 heterocycles. The van der Waals surface area contributed by atoms with Gasteiger partial charge >= 0.3 is 0 Å². The summed E-state index contributed by atoms with van der Waals surface area (Å²) in [5.41, 5.74) is 2.33. The molecule has 5 nitrogen and oxygen atoms in total. The Morgan fingerprint density at radius 3 is 2.64 bits per heavy atom. The number of aryl methyl sites for hydroxylation is 1. The van der Waals surface area contributed by atoms with Crippen LogP contribution in [0.2, 0.25) is 0 Å². The molecule has 0 atom stereocenters. The average molecular weight is 463 g/mol. The van der Waals surface area contributed by atoms with E-state index in [-0.39, 0.29) is 24.0 Å². The van der Waals surface area contributed by atoms with Gasteiger partial charge in [0.25, 0.3) is 0 Å². The molecule has 0 aliphatic heterocycles. The van der Waals surface area contributed by atoms with Crippen molar-refractivity contribution in [1.29, 1.82) is 0 Å². The molecule has 1 aromatic rings. The number of nitrogens with one attached hydrogen (secondary N) is 2. The minimum atomic E-state index is 0. The molecule has 1 aromatic carbocycles. The van der Waals surface area contributed by atoms with Gasteiger partial charge in [-0.15, -0.1) is 24.0 Å². The average Bonchev–Trinajstić information content (AvgIpc) is 2.55. The number of nitrogens with zero attached hydrogens (tertiary/aromatic N) is 1. The Morgan fingerprint density at radius 2 is 2.00 bits per heavy atom. The topological polar surface area (TPSA) is 54.9 Å². The number of hydrogen-bond acceptors (Lipinski definition) is 3. The van der Waals surface area contributed by atoms with Gasteiger partial charge in [-0.2, -0.15) is 0 Å². The number of guanidine groups is 1. The number of hydrogen-bond donors (Lipinski definition) is 2. The van der Waals surface area contributed by atoms with Crippen LogP contribution in [-0.2, 0) is 11.3 Å².